The Labute approximate surface area is 102 Å². The van der Waals surface area contributed by atoms with E-state index in [0.717, 1.165) is 6.07 Å². The topological polar surface area (TPSA) is 78.8 Å². The molecule has 0 aromatic heterocycles. The van der Waals surface area contributed by atoms with Gasteiger partial charge in [0.15, 0.2) is 0 Å². The second kappa shape index (κ2) is 4.04. The first-order chi connectivity index (χ1) is 8.77. The van der Waals surface area contributed by atoms with Crippen molar-refractivity contribution in [2.75, 3.05) is 5.32 Å². The zero-order chi connectivity index (χ0) is 14.4. The number of carbonyl (C=O) groups is 2. The number of rotatable bonds is 0. The summed E-state index contributed by atoms with van der Waals surface area (Å²) in [5.74, 6) is -4.32. The van der Waals surface area contributed by atoms with Crippen molar-refractivity contribution in [2.24, 2.45) is 5.16 Å². The van der Waals surface area contributed by atoms with Crippen molar-refractivity contribution in [1.82, 2.24) is 0 Å². The molecule has 0 unspecified atom stereocenters. The molecule has 0 atom stereocenters. The highest BCUT2D eigenvalue weighted by molar-refractivity contribution is 6.72. The minimum Gasteiger partial charge on any atom is -0.410 e. The molecule has 1 aromatic carbocycles. The second-order valence-electron chi connectivity index (χ2n) is 3.57. The van der Waals surface area contributed by atoms with Gasteiger partial charge in [-0.3, -0.25) is 9.59 Å². The van der Waals surface area contributed by atoms with E-state index in [9.17, 15) is 27.2 Å². The molecule has 0 saturated carbocycles. The number of oxime groups is 1. The van der Waals surface area contributed by atoms with E-state index in [4.69, 9.17) is 5.21 Å². The van der Waals surface area contributed by atoms with E-state index in [1.165, 1.54) is 0 Å². The maximum atomic E-state index is 13.3. The molecule has 0 bridgehead atoms. The number of halogens is 4. The number of hydrogen-bond donors (Lipinski definition) is 2. The Hall–Kier alpha value is -2.45. The van der Waals surface area contributed by atoms with E-state index >= 15 is 0 Å². The van der Waals surface area contributed by atoms with E-state index in [1.54, 1.807) is 0 Å². The molecule has 1 amide bonds. The highest BCUT2D eigenvalue weighted by Crippen LogP contribution is 2.38. The minimum atomic E-state index is -5.13. The van der Waals surface area contributed by atoms with Crippen LogP contribution in [0, 0.1) is 5.82 Å². The number of amides is 1. The predicted molar refractivity (Wildman–Crippen MR) is 53.6 cm³/mol. The van der Waals surface area contributed by atoms with Crippen LogP contribution in [0.15, 0.2) is 17.3 Å². The van der Waals surface area contributed by atoms with Gasteiger partial charge in [-0.25, -0.2) is 4.39 Å². The molecule has 9 heteroatoms. The summed E-state index contributed by atoms with van der Waals surface area (Å²) in [7, 11) is 0. The molecule has 1 aromatic rings. The number of Topliss-reactive ketones (excluding diaryl/α,β-unsaturated/α-hetero) is 1. The van der Waals surface area contributed by atoms with Gasteiger partial charge in [-0.05, 0) is 12.1 Å². The first kappa shape index (κ1) is 13.0. The molecule has 100 valence electrons. The molecule has 1 heterocycles. The monoisotopic (exact) mass is 276 g/mol. The largest absolute Gasteiger partial charge is 0.420 e. The molecule has 0 aliphatic carbocycles. The summed E-state index contributed by atoms with van der Waals surface area (Å²) in [5.41, 5.74) is -4.52. The van der Waals surface area contributed by atoms with Crippen LogP contribution in [0.2, 0.25) is 0 Å². The Kier molecular flexibility index (Phi) is 2.76. The van der Waals surface area contributed by atoms with E-state index in [2.05, 4.69) is 5.16 Å². The van der Waals surface area contributed by atoms with E-state index in [0.29, 0.717) is 6.07 Å². The van der Waals surface area contributed by atoms with Crippen molar-refractivity contribution in [1.29, 1.82) is 0 Å². The summed E-state index contributed by atoms with van der Waals surface area (Å²) in [6.45, 7) is 0. The van der Waals surface area contributed by atoms with Crippen LogP contribution in [0.3, 0.4) is 0 Å². The zero-order valence-electron chi connectivity index (χ0n) is 8.88. The molecular formula is C10H4F4N2O3. The average Bonchev–Trinajstić information content (AvgIpc) is 2.29. The number of benzene rings is 1. The van der Waals surface area contributed by atoms with Gasteiger partial charge in [0.1, 0.15) is 11.4 Å². The van der Waals surface area contributed by atoms with Crippen LogP contribution < -0.4 is 5.32 Å². The molecule has 0 fully saturated rings. The van der Waals surface area contributed by atoms with Gasteiger partial charge in [-0.15, -0.1) is 0 Å². The first-order valence-electron chi connectivity index (χ1n) is 4.75. The molecule has 19 heavy (non-hydrogen) atoms. The van der Waals surface area contributed by atoms with Gasteiger partial charge in [0, 0.05) is 0 Å². The van der Waals surface area contributed by atoms with Crippen LogP contribution >= 0.6 is 0 Å². The number of nitrogens with zero attached hydrogens (tertiary/aromatic N) is 1. The van der Waals surface area contributed by atoms with Gasteiger partial charge in [0.25, 0.3) is 5.91 Å². The molecule has 2 rings (SSSR count). The third kappa shape index (κ3) is 1.92. The van der Waals surface area contributed by atoms with Crippen molar-refractivity contribution >= 4 is 23.1 Å². The Morgan fingerprint density at radius 3 is 2.37 bits per heavy atom. The molecule has 0 spiro atoms. The number of alkyl halides is 3. The third-order valence-corrected chi connectivity index (χ3v) is 2.44. The second-order valence-corrected chi connectivity index (χ2v) is 3.57. The molecular weight excluding hydrogens is 272 g/mol. The van der Waals surface area contributed by atoms with Gasteiger partial charge < -0.3 is 10.5 Å². The predicted octanol–water partition coefficient (Wildman–Crippen LogP) is 1.81. The highest BCUT2D eigenvalue weighted by atomic mass is 19.4. The van der Waals surface area contributed by atoms with Crippen LogP contribution in [0.4, 0.5) is 23.2 Å². The summed E-state index contributed by atoms with van der Waals surface area (Å²) in [6.07, 6.45) is -5.13. The zero-order valence-corrected chi connectivity index (χ0v) is 8.88. The quantitative estimate of drug-likeness (QED) is 0.431. The Morgan fingerprint density at radius 2 is 1.84 bits per heavy atom. The van der Waals surface area contributed by atoms with Crippen molar-refractivity contribution in [3.8, 4) is 0 Å². The maximum Gasteiger partial charge on any atom is 0.420 e. The number of fused-ring (bicyclic) bond motifs is 1. The van der Waals surface area contributed by atoms with Crippen molar-refractivity contribution < 1.29 is 32.4 Å². The summed E-state index contributed by atoms with van der Waals surface area (Å²) >= 11 is 0. The third-order valence-electron chi connectivity index (χ3n) is 2.44. The fourth-order valence-corrected chi connectivity index (χ4v) is 1.69. The van der Waals surface area contributed by atoms with Crippen LogP contribution in [0.25, 0.3) is 0 Å². The Bertz CT molecular complexity index is 622. The lowest BCUT2D eigenvalue weighted by Gasteiger charge is -2.20. The lowest BCUT2D eigenvalue weighted by Crippen LogP contribution is -2.37. The van der Waals surface area contributed by atoms with Gasteiger partial charge in [-0.1, -0.05) is 5.16 Å². The minimum absolute atomic E-state index is 0.482. The summed E-state index contributed by atoms with van der Waals surface area (Å²) in [4.78, 5) is 22.9. The molecule has 1 aliphatic heterocycles. The standard InChI is InChI=1S/C10H4F4N2O3/c11-3-1-2-4-5(6(3)10(12,13)14)8(17)7(16-19)9(18)15-4/h1-2,19H,(H,15,18)/b16-7-. The summed E-state index contributed by atoms with van der Waals surface area (Å²) in [6, 6.07) is 1.31. The van der Waals surface area contributed by atoms with Crippen LogP contribution in [-0.4, -0.2) is 22.6 Å². The molecule has 2 N–H and O–H groups in total. The van der Waals surface area contributed by atoms with E-state index in [-0.39, 0.29) is 0 Å². The molecule has 0 saturated heterocycles. The maximum absolute atomic E-state index is 13.3. The lowest BCUT2D eigenvalue weighted by atomic mass is 9.94. The number of carbonyl (C=O) groups excluding carboxylic acids is 2. The normalized spacial score (nSPS) is 17.4. The van der Waals surface area contributed by atoms with Crippen molar-refractivity contribution in [2.45, 2.75) is 6.18 Å². The molecule has 0 radical (unpaired) electrons. The van der Waals surface area contributed by atoms with Crippen LogP contribution in [0.5, 0.6) is 0 Å². The van der Waals surface area contributed by atoms with Gasteiger partial charge >= 0.3 is 6.18 Å². The Morgan fingerprint density at radius 1 is 1.21 bits per heavy atom. The number of anilines is 1. The summed E-state index contributed by atoms with van der Waals surface area (Å²) in [5, 5.41) is 12.7. The average molecular weight is 276 g/mol. The van der Waals surface area contributed by atoms with Gasteiger partial charge in [0.05, 0.1) is 11.3 Å². The fraction of sp³-hybridized carbons (Fsp3) is 0.100. The van der Waals surface area contributed by atoms with E-state index < -0.39 is 46.2 Å². The first-order valence-corrected chi connectivity index (χ1v) is 4.75. The lowest BCUT2D eigenvalue weighted by molar-refractivity contribution is -0.140. The van der Waals surface area contributed by atoms with Gasteiger partial charge in [0.2, 0.25) is 11.5 Å². The number of ketones is 1. The molecule has 1 aliphatic rings. The number of nitrogens with one attached hydrogen (secondary N) is 1. The van der Waals surface area contributed by atoms with Crippen molar-refractivity contribution in [3.63, 3.8) is 0 Å². The highest BCUT2D eigenvalue weighted by Gasteiger charge is 2.44. The van der Waals surface area contributed by atoms with Crippen LogP contribution in [-0.2, 0) is 11.0 Å². The van der Waals surface area contributed by atoms with E-state index in [1.807, 2.05) is 5.32 Å². The Balaban J connectivity index is 2.79. The number of hydrogen-bond acceptors (Lipinski definition) is 4. The fourth-order valence-electron chi connectivity index (χ4n) is 1.69. The smallest absolute Gasteiger partial charge is 0.410 e. The molecule has 5 nitrogen and oxygen atoms in total. The SMILES string of the molecule is O=C1Nc2ccc(F)c(C(F)(F)F)c2C(=O)/C1=N/O. The van der Waals surface area contributed by atoms with Gasteiger partial charge in [-0.2, -0.15) is 13.2 Å². The van der Waals surface area contributed by atoms with Crippen LogP contribution in [0.1, 0.15) is 15.9 Å². The van der Waals surface area contributed by atoms with Crippen molar-refractivity contribution in [3.05, 3.63) is 29.1 Å². The summed E-state index contributed by atoms with van der Waals surface area (Å²) < 4.78 is 51.5.